The fraction of sp³-hybridized carbons (Fsp3) is 0.316. The van der Waals surface area contributed by atoms with Crippen molar-refractivity contribution in [1.82, 2.24) is 9.21 Å². The number of sulfonamides is 1. The Hall–Kier alpha value is -1.70. The maximum absolute atomic E-state index is 12.8. The summed E-state index contributed by atoms with van der Waals surface area (Å²) in [6.07, 6.45) is 0. The van der Waals surface area contributed by atoms with Crippen LogP contribution in [-0.4, -0.2) is 49.7 Å². The zero-order valence-corrected chi connectivity index (χ0v) is 17.2. The fourth-order valence-corrected chi connectivity index (χ4v) is 4.69. The predicted molar refractivity (Wildman–Crippen MR) is 105 cm³/mol. The number of carbonyl (C=O) groups is 1. The number of amides is 1. The third-order valence-corrected chi connectivity index (χ3v) is 7.38. The molecule has 0 bridgehead atoms. The van der Waals surface area contributed by atoms with Gasteiger partial charge in [0, 0.05) is 36.2 Å². The largest absolute Gasteiger partial charge is 0.336 e. The number of hydrogen-bond acceptors (Lipinski definition) is 3. The van der Waals surface area contributed by atoms with Gasteiger partial charge in [0.1, 0.15) is 0 Å². The number of hydrogen-bond donors (Lipinski definition) is 0. The summed E-state index contributed by atoms with van der Waals surface area (Å²) in [6, 6.07) is 12.5. The maximum atomic E-state index is 12.8. The quantitative estimate of drug-likeness (QED) is 0.741. The molecule has 0 aliphatic carbocycles. The van der Waals surface area contributed by atoms with E-state index in [2.05, 4.69) is 15.9 Å². The highest BCUT2D eigenvalue weighted by atomic mass is 79.9. The molecule has 7 heteroatoms. The summed E-state index contributed by atoms with van der Waals surface area (Å²) < 4.78 is 28.0. The second-order valence-corrected chi connectivity index (χ2v) is 9.27. The Balaban J connectivity index is 1.70. The lowest BCUT2D eigenvalue weighted by atomic mass is 10.1. The standard InChI is InChI=1S/C19H21BrN2O3S/c1-14-3-5-16(6-4-14)19(23)21-9-11-22(12-10-21)26(24,25)17-7-8-18(20)15(2)13-17/h3-8,13H,9-12H2,1-2H3. The molecule has 0 radical (unpaired) electrons. The first-order valence-electron chi connectivity index (χ1n) is 8.41. The second kappa shape index (κ2) is 7.50. The molecule has 1 saturated heterocycles. The van der Waals surface area contributed by atoms with E-state index in [1.165, 1.54) is 4.31 Å². The van der Waals surface area contributed by atoms with E-state index in [1.54, 1.807) is 23.1 Å². The summed E-state index contributed by atoms with van der Waals surface area (Å²) in [5, 5.41) is 0. The van der Waals surface area contributed by atoms with Crippen LogP contribution < -0.4 is 0 Å². The summed E-state index contributed by atoms with van der Waals surface area (Å²) in [4.78, 5) is 14.6. The van der Waals surface area contributed by atoms with Gasteiger partial charge in [-0.05, 0) is 49.7 Å². The van der Waals surface area contributed by atoms with E-state index in [0.717, 1.165) is 15.6 Å². The Bertz CT molecular complexity index is 918. The molecule has 0 spiro atoms. The molecule has 2 aromatic rings. The highest BCUT2D eigenvalue weighted by molar-refractivity contribution is 9.10. The lowest BCUT2D eigenvalue weighted by Crippen LogP contribution is -2.50. The highest BCUT2D eigenvalue weighted by Crippen LogP contribution is 2.23. The number of carbonyl (C=O) groups excluding carboxylic acids is 1. The van der Waals surface area contributed by atoms with Crippen LogP contribution in [0.2, 0.25) is 0 Å². The molecule has 2 aromatic carbocycles. The molecule has 1 heterocycles. The second-order valence-electron chi connectivity index (χ2n) is 6.47. The molecular weight excluding hydrogens is 416 g/mol. The van der Waals surface area contributed by atoms with Crippen molar-refractivity contribution in [2.75, 3.05) is 26.2 Å². The molecule has 1 aliphatic heterocycles. The Kier molecular flexibility index (Phi) is 5.50. The number of rotatable bonds is 3. The third kappa shape index (κ3) is 3.84. The minimum Gasteiger partial charge on any atom is -0.336 e. The summed E-state index contributed by atoms with van der Waals surface area (Å²) >= 11 is 3.39. The van der Waals surface area contributed by atoms with Crippen molar-refractivity contribution in [1.29, 1.82) is 0 Å². The summed E-state index contributed by atoms with van der Waals surface area (Å²) in [5.74, 6) is -0.0541. The zero-order valence-electron chi connectivity index (χ0n) is 14.8. The van der Waals surface area contributed by atoms with Gasteiger partial charge in [0.05, 0.1) is 4.90 Å². The van der Waals surface area contributed by atoms with Crippen LogP contribution in [0.15, 0.2) is 51.8 Å². The van der Waals surface area contributed by atoms with Gasteiger partial charge in [-0.2, -0.15) is 4.31 Å². The number of benzene rings is 2. The molecular formula is C19H21BrN2O3S. The highest BCUT2D eigenvalue weighted by Gasteiger charge is 2.30. The van der Waals surface area contributed by atoms with Crippen LogP contribution in [0.4, 0.5) is 0 Å². The van der Waals surface area contributed by atoms with Crippen molar-refractivity contribution in [2.24, 2.45) is 0 Å². The molecule has 0 aromatic heterocycles. The van der Waals surface area contributed by atoms with E-state index in [-0.39, 0.29) is 10.8 Å². The molecule has 26 heavy (non-hydrogen) atoms. The van der Waals surface area contributed by atoms with Crippen molar-refractivity contribution in [3.05, 3.63) is 63.6 Å². The molecule has 0 N–H and O–H groups in total. The lowest BCUT2D eigenvalue weighted by molar-refractivity contribution is 0.0698. The molecule has 5 nitrogen and oxygen atoms in total. The Morgan fingerprint density at radius 2 is 1.58 bits per heavy atom. The lowest BCUT2D eigenvalue weighted by Gasteiger charge is -2.34. The first-order chi connectivity index (χ1) is 12.3. The maximum Gasteiger partial charge on any atom is 0.253 e. The minimum atomic E-state index is -3.55. The van der Waals surface area contributed by atoms with E-state index < -0.39 is 10.0 Å². The van der Waals surface area contributed by atoms with E-state index in [4.69, 9.17) is 0 Å². The van der Waals surface area contributed by atoms with Crippen LogP contribution in [0.1, 0.15) is 21.5 Å². The van der Waals surface area contributed by atoms with Gasteiger partial charge >= 0.3 is 0 Å². The van der Waals surface area contributed by atoms with Crippen LogP contribution in [0, 0.1) is 13.8 Å². The van der Waals surface area contributed by atoms with Gasteiger partial charge < -0.3 is 4.90 Å². The Labute approximate surface area is 162 Å². The van der Waals surface area contributed by atoms with Crippen molar-refractivity contribution in [2.45, 2.75) is 18.7 Å². The van der Waals surface area contributed by atoms with Crippen LogP contribution in [-0.2, 0) is 10.0 Å². The van der Waals surface area contributed by atoms with Gasteiger partial charge in [0.25, 0.3) is 5.91 Å². The summed E-state index contributed by atoms with van der Waals surface area (Å²) in [6.45, 7) is 5.22. The van der Waals surface area contributed by atoms with Crippen molar-refractivity contribution in [3.63, 3.8) is 0 Å². The number of halogens is 1. The fourth-order valence-electron chi connectivity index (χ4n) is 2.94. The first kappa shape index (κ1) is 19.1. The molecule has 0 saturated carbocycles. The van der Waals surface area contributed by atoms with Gasteiger partial charge in [0.15, 0.2) is 0 Å². The van der Waals surface area contributed by atoms with Gasteiger partial charge in [-0.3, -0.25) is 4.79 Å². The first-order valence-corrected chi connectivity index (χ1v) is 10.6. The average Bonchev–Trinajstić information content (AvgIpc) is 2.64. The summed E-state index contributed by atoms with van der Waals surface area (Å²) in [5.41, 5.74) is 2.61. The number of piperazine rings is 1. The molecule has 3 rings (SSSR count). The predicted octanol–water partition coefficient (Wildman–Crippen LogP) is 3.21. The van der Waals surface area contributed by atoms with Gasteiger partial charge in [-0.1, -0.05) is 33.6 Å². The van der Waals surface area contributed by atoms with Crippen LogP contribution in [0.5, 0.6) is 0 Å². The van der Waals surface area contributed by atoms with E-state index in [9.17, 15) is 13.2 Å². The van der Waals surface area contributed by atoms with Gasteiger partial charge in [-0.25, -0.2) is 8.42 Å². The van der Waals surface area contributed by atoms with E-state index in [0.29, 0.717) is 31.7 Å². The van der Waals surface area contributed by atoms with E-state index >= 15 is 0 Å². The number of nitrogens with zero attached hydrogens (tertiary/aromatic N) is 2. The van der Waals surface area contributed by atoms with Crippen molar-refractivity contribution < 1.29 is 13.2 Å². The minimum absolute atomic E-state index is 0.0541. The topological polar surface area (TPSA) is 57.7 Å². The molecule has 0 unspecified atom stereocenters. The molecule has 138 valence electrons. The smallest absolute Gasteiger partial charge is 0.253 e. The zero-order chi connectivity index (χ0) is 18.9. The Morgan fingerprint density at radius 1 is 0.962 bits per heavy atom. The third-order valence-electron chi connectivity index (χ3n) is 4.59. The van der Waals surface area contributed by atoms with Crippen LogP contribution in [0.3, 0.4) is 0 Å². The van der Waals surface area contributed by atoms with Crippen LogP contribution in [0.25, 0.3) is 0 Å². The Morgan fingerprint density at radius 3 is 2.15 bits per heavy atom. The molecule has 1 aliphatic rings. The average molecular weight is 437 g/mol. The van der Waals surface area contributed by atoms with Gasteiger partial charge in [0.2, 0.25) is 10.0 Å². The van der Waals surface area contributed by atoms with Crippen molar-refractivity contribution in [3.8, 4) is 0 Å². The number of aryl methyl sites for hydroxylation is 2. The van der Waals surface area contributed by atoms with E-state index in [1.807, 2.05) is 38.1 Å². The van der Waals surface area contributed by atoms with Crippen LogP contribution >= 0.6 is 15.9 Å². The molecule has 1 amide bonds. The van der Waals surface area contributed by atoms with Gasteiger partial charge in [-0.15, -0.1) is 0 Å². The summed E-state index contributed by atoms with van der Waals surface area (Å²) in [7, 11) is -3.55. The van der Waals surface area contributed by atoms with Crippen molar-refractivity contribution >= 4 is 31.9 Å². The monoisotopic (exact) mass is 436 g/mol. The molecule has 1 fully saturated rings. The molecule has 0 atom stereocenters. The normalized spacial score (nSPS) is 15.9. The SMILES string of the molecule is Cc1ccc(C(=O)N2CCN(S(=O)(=O)c3ccc(Br)c(C)c3)CC2)cc1.